The van der Waals surface area contributed by atoms with Crippen LogP contribution in [0.5, 0.6) is 0 Å². The van der Waals surface area contributed by atoms with Gasteiger partial charge < -0.3 is 26.4 Å². The molecule has 1 fully saturated rings. The smallest absolute Gasteiger partial charge is 0.243 e. The zero-order chi connectivity index (χ0) is 26.8. The van der Waals surface area contributed by atoms with Crippen LogP contribution in [0.3, 0.4) is 0 Å². The molecular weight excluding hydrogens is 452 g/mol. The summed E-state index contributed by atoms with van der Waals surface area (Å²) in [6.07, 6.45) is 3.19. The average molecular weight is 497 g/mol. The van der Waals surface area contributed by atoms with E-state index in [2.05, 4.69) is 16.0 Å². The maximum Gasteiger partial charge on any atom is 0.243 e. The molecule has 1 saturated heterocycles. The number of unbranched alkanes of at least 4 members (excludes halogenated alkanes) is 2. The fourth-order valence-corrected chi connectivity index (χ4v) is 3.73. The van der Waals surface area contributed by atoms with E-state index in [1.165, 1.54) is 0 Å². The van der Waals surface area contributed by atoms with Gasteiger partial charge in [-0.2, -0.15) is 0 Å². The van der Waals surface area contributed by atoms with Gasteiger partial charge in [-0.1, -0.05) is 47.5 Å². The van der Waals surface area contributed by atoms with Crippen LogP contribution in [0.2, 0.25) is 0 Å². The molecule has 10 nitrogen and oxygen atoms in total. The Hall–Kier alpha value is -2.49. The molecule has 0 unspecified atom stereocenters. The molecule has 35 heavy (non-hydrogen) atoms. The maximum atomic E-state index is 13.2. The summed E-state index contributed by atoms with van der Waals surface area (Å²) in [6, 6.07) is -2.73. The summed E-state index contributed by atoms with van der Waals surface area (Å²) >= 11 is 0. The number of hydrogen-bond donors (Lipinski definition) is 4. The Morgan fingerprint density at radius 2 is 1.51 bits per heavy atom. The molecule has 1 aliphatic heterocycles. The molecule has 1 aliphatic rings. The highest BCUT2D eigenvalue weighted by Crippen LogP contribution is 2.29. The van der Waals surface area contributed by atoms with Crippen LogP contribution in [0.15, 0.2) is 0 Å². The molecule has 4 amide bonds. The van der Waals surface area contributed by atoms with Crippen molar-refractivity contribution in [1.29, 1.82) is 0 Å². The molecular formula is C25H44N4O6. The van der Waals surface area contributed by atoms with Crippen molar-refractivity contribution in [2.45, 2.75) is 110 Å². The Morgan fingerprint density at radius 3 is 2.00 bits per heavy atom. The van der Waals surface area contributed by atoms with E-state index in [1.54, 1.807) is 20.8 Å². The number of hydrogen-bond acceptors (Lipinski definition) is 6. The molecule has 0 aliphatic carbocycles. The third-order valence-corrected chi connectivity index (χ3v) is 6.02. The van der Waals surface area contributed by atoms with Gasteiger partial charge in [0.15, 0.2) is 5.78 Å². The van der Waals surface area contributed by atoms with Gasteiger partial charge in [0.05, 0.1) is 12.6 Å². The molecule has 0 radical (unpaired) electrons. The number of amides is 4. The Labute approximate surface area is 208 Å². The number of Topliss-reactive ketones (excluding diaryl/α,β-unsaturated/α-hetero) is 1. The molecule has 0 saturated carbocycles. The molecule has 1 rings (SSSR count). The van der Waals surface area contributed by atoms with Crippen molar-refractivity contribution in [2.24, 2.45) is 17.6 Å². The second-order valence-corrected chi connectivity index (χ2v) is 10.4. The average Bonchev–Trinajstić information content (AvgIpc) is 3.51. The number of epoxide rings is 1. The number of nitrogens with one attached hydrogen (secondary N) is 3. The van der Waals surface area contributed by atoms with Crippen molar-refractivity contribution < 1.29 is 28.7 Å². The van der Waals surface area contributed by atoms with E-state index >= 15 is 0 Å². The van der Waals surface area contributed by atoms with Gasteiger partial charge in [0, 0.05) is 12.8 Å². The lowest BCUT2D eigenvalue weighted by Gasteiger charge is -2.27. The number of rotatable bonds is 17. The SMILES string of the molecule is CCCCCC(=O)N[C@H](C(=O)N[C@@H](CCC(N)=O)C(=O)N[C@@H](CC(C)C)C(=O)[C@@]1(C)CO1)C(C)C. The lowest BCUT2D eigenvalue weighted by molar-refractivity contribution is -0.135. The fraction of sp³-hybridized carbons (Fsp3) is 0.800. The Bertz CT molecular complexity index is 763. The van der Waals surface area contributed by atoms with Gasteiger partial charge in [-0.3, -0.25) is 24.0 Å². The van der Waals surface area contributed by atoms with Crippen molar-refractivity contribution in [2.75, 3.05) is 6.61 Å². The number of nitrogens with two attached hydrogens (primary N) is 1. The van der Waals surface area contributed by atoms with Crippen LogP contribution in [0.1, 0.15) is 86.5 Å². The van der Waals surface area contributed by atoms with Crippen molar-refractivity contribution in [1.82, 2.24) is 16.0 Å². The Morgan fingerprint density at radius 1 is 0.914 bits per heavy atom. The van der Waals surface area contributed by atoms with Gasteiger partial charge in [-0.25, -0.2) is 0 Å². The monoisotopic (exact) mass is 496 g/mol. The van der Waals surface area contributed by atoms with Crippen LogP contribution in [0.25, 0.3) is 0 Å². The van der Waals surface area contributed by atoms with E-state index < -0.39 is 41.4 Å². The fourth-order valence-electron chi connectivity index (χ4n) is 3.73. The number of primary amides is 1. The summed E-state index contributed by atoms with van der Waals surface area (Å²) in [5.74, 6) is -2.29. The molecule has 4 atom stereocenters. The van der Waals surface area contributed by atoms with Crippen molar-refractivity contribution in [3.63, 3.8) is 0 Å². The van der Waals surface area contributed by atoms with Gasteiger partial charge >= 0.3 is 0 Å². The summed E-state index contributed by atoms with van der Waals surface area (Å²) in [4.78, 5) is 62.8. The highest BCUT2D eigenvalue weighted by molar-refractivity contribution is 5.98. The van der Waals surface area contributed by atoms with Crippen LogP contribution in [-0.2, 0) is 28.7 Å². The van der Waals surface area contributed by atoms with E-state index in [4.69, 9.17) is 10.5 Å². The molecule has 0 spiro atoms. The van der Waals surface area contributed by atoms with Gasteiger partial charge in [0.1, 0.15) is 17.7 Å². The quantitative estimate of drug-likeness (QED) is 0.176. The minimum absolute atomic E-state index is 0.0292. The largest absolute Gasteiger partial charge is 0.370 e. The van der Waals surface area contributed by atoms with Crippen LogP contribution in [-0.4, -0.2) is 59.7 Å². The molecule has 1 heterocycles. The molecule has 10 heteroatoms. The van der Waals surface area contributed by atoms with E-state index in [-0.39, 0.29) is 36.4 Å². The van der Waals surface area contributed by atoms with Gasteiger partial charge in [-0.15, -0.1) is 0 Å². The van der Waals surface area contributed by atoms with Gasteiger partial charge in [0.2, 0.25) is 23.6 Å². The standard InChI is InChI=1S/C25H44N4O6/c1-7-8-9-10-20(31)29-21(16(4)5)24(34)27-17(11-12-19(26)30)23(33)28-18(13-15(2)3)22(32)25(6)14-35-25/h15-18,21H,7-14H2,1-6H3,(H2,26,30)(H,27,34)(H,28,33)(H,29,31)/t17-,18-,21-,25+/m0/s1. The second kappa shape index (κ2) is 14.2. The molecule has 0 bridgehead atoms. The van der Waals surface area contributed by atoms with Crippen LogP contribution < -0.4 is 21.7 Å². The summed E-state index contributed by atoms with van der Waals surface area (Å²) < 4.78 is 5.26. The predicted octanol–water partition coefficient (Wildman–Crippen LogP) is 1.35. The molecule has 0 aromatic rings. The number of ether oxygens (including phenoxy) is 1. The molecule has 0 aromatic carbocycles. The highest BCUT2D eigenvalue weighted by Gasteiger charge is 2.50. The third-order valence-electron chi connectivity index (χ3n) is 6.02. The lowest BCUT2D eigenvalue weighted by Crippen LogP contribution is -2.57. The zero-order valence-corrected chi connectivity index (χ0v) is 22.1. The molecule has 200 valence electrons. The maximum absolute atomic E-state index is 13.2. The van der Waals surface area contributed by atoms with Gasteiger partial charge in [0.25, 0.3) is 0 Å². The van der Waals surface area contributed by atoms with E-state index in [1.807, 2.05) is 20.8 Å². The van der Waals surface area contributed by atoms with Crippen molar-refractivity contribution in [3.05, 3.63) is 0 Å². The van der Waals surface area contributed by atoms with Crippen LogP contribution in [0.4, 0.5) is 0 Å². The van der Waals surface area contributed by atoms with Crippen molar-refractivity contribution >= 4 is 29.4 Å². The van der Waals surface area contributed by atoms with E-state index in [9.17, 15) is 24.0 Å². The third kappa shape index (κ3) is 10.8. The summed E-state index contributed by atoms with van der Waals surface area (Å²) in [5.41, 5.74) is 4.36. The first-order chi connectivity index (χ1) is 16.3. The first kappa shape index (κ1) is 30.5. The van der Waals surface area contributed by atoms with E-state index in [0.717, 1.165) is 19.3 Å². The summed E-state index contributed by atoms with van der Waals surface area (Å²) in [6.45, 7) is 11.5. The van der Waals surface area contributed by atoms with Crippen LogP contribution >= 0.6 is 0 Å². The molecule has 0 aromatic heterocycles. The number of carbonyl (C=O) groups is 5. The highest BCUT2D eigenvalue weighted by atomic mass is 16.6. The first-order valence-corrected chi connectivity index (χ1v) is 12.7. The second-order valence-electron chi connectivity index (χ2n) is 10.4. The number of carbonyl (C=O) groups excluding carboxylic acids is 5. The normalized spacial score (nSPS) is 19.5. The first-order valence-electron chi connectivity index (χ1n) is 12.7. The number of ketones is 1. The minimum atomic E-state index is -1.09. The summed E-state index contributed by atoms with van der Waals surface area (Å²) in [7, 11) is 0. The Balaban J connectivity index is 2.95. The topological polar surface area (TPSA) is 160 Å². The summed E-state index contributed by atoms with van der Waals surface area (Å²) in [5, 5.41) is 8.16. The Kier molecular flexibility index (Phi) is 12.4. The van der Waals surface area contributed by atoms with Crippen molar-refractivity contribution in [3.8, 4) is 0 Å². The zero-order valence-electron chi connectivity index (χ0n) is 22.1. The van der Waals surface area contributed by atoms with Crippen LogP contribution in [0, 0.1) is 11.8 Å². The van der Waals surface area contributed by atoms with Gasteiger partial charge in [-0.05, 0) is 38.0 Å². The predicted molar refractivity (Wildman–Crippen MR) is 132 cm³/mol. The minimum Gasteiger partial charge on any atom is -0.370 e. The van der Waals surface area contributed by atoms with E-state index in [0.29, 0.717) is 19.4 Å². The lowest BCUT2D eigenvalue weighted by atomic mass is 9.93. The molecule has 5 N–H and O–H groups in total.